The Bertz CT molecular complexity index is 867. The zero-order chi connectivity index (χ0) is 18.8. The van der Waals surface area contributed by atoms with Gasteiger partial charge in [0.15, 0.2) is 0 Å². The molecule has 0 unspecified atom stereocenters. The number of halogens is 7. The summed E-state index contributed by atoms with van der Waals surface area (Å²) in [5.74, 6) is -8.95. The number of rotatable bonds is 1. The first kappa shape index (κ1) is 28.7. The molecule has 0 saturated carbocycles. The smallest absolute Gasteiger partial charge is 0.238 e. The van der Waals surface area contributed by atoms with Crippen molar-refractivity contribution < 1.29 is 100 Å². The van der Waals surface area contributed by atoms with Crippen LogP contribution in [0.15, 0.2) is 11.0 Å². The van der Waals surface area contributed by atoms with Crippen LogP contribution < -0.4 is 0 Å². The molecule has 2 rings (SSSR count). The van der Waals surface area contributed by atoms with Crippen molar-refractivity contribution in [3.8, 4) is 0 Å². The molecule has 0 bridgehead atoms. The molecular weight excluding hydrogens is 559 g/mol. The molecule has 2 radical (unpaired) electrons. The molecule has 0 saturated heterocycles. The summed E-state index contributed by atoms with van der Waals surface area (Å²) in [5.41, 5.74) is -0.544. The molecule has 0 aromatic heterocycles. The fraction of sp³-hybridized carbons (Fsp3) is 0.143. The number of hydrogen-bond donors (Lipinski definition) is 0. The fourth-order valence-corrected chi connectivity index (χ4v) is 2.55. The quantitative estimate of drug-likeness (QED) is 0.223. The van der Waals surface area contributed by atoms with Crippen LogP contribution >= 0.6 is 10.7 Å². The Morgan fingerprint density at radius 3 is 1.73 bits per heavy atom. The summed E-state index contributed by atoms with van der Waals surface area (Å²) >= 11 is 0. The molecule has 12 heteroatoms. The van der Waals surface area contributed by atoms with E-state index in [1.807, 2.05) is 6.07 Å². The van der Waals surface area contributed by atoms with Gasteiger partial charge in [0.1, 0.15) is 0 Å². The maximum Gasteiger partial charge on any atom is 0.238 e. The van der Waals surface area contributed by atoms with Crippen molar-refractivity contribution in [2.45, 2.75) is 18.7 Å². The van der Waals surface area contributed by atoms with Gasteiger partial charge in [-0.1, -0.05) is 13.8 Å². The van der Waals surface area contributed by atoms with Crippen molar-refractivity contribution >= 4 is 19.7 Å². The molecule has 0 amide bonds. The van der Waals surface area contributed by atoms with E-state index < -0.39 is 54.4 Å². The largest absolute Gasteiger partial charge is 0.278 e. The van der Waals surface area contributed by atoms with Crippen LogP contribution in [0.2, 0.25) is 0 Å². The van der Waals surface area contributed by atoms with E-state index >= 15 is 0 Å². The summed E-state index contributed by atoms with van der Waals surface area (Å²) < 4.78 is 96.1. The maximum atomic E-state index is 12.8. The van der Waals surface area contributed by atoms with Crippen molar-refractivity contribution in [3.63, 3.8) is 0 Å². The Morgan fingerprint density at radius 1 is 0.846 bits per heavy atom. The Morgan fingerprint density at radius 2 is 1.31 bits per heavy atom. The van der Waals surface area contributed by atoms with Crippen LogP contribution in [0.4, 0.5) is 26.3 Å². The van der Waals surface area contributed by atoms with Crippen LogP contribution in [0, 0.1) is 60.9 Å². The maximum absolute atomic E-state index is 12.8. The predicted molar refractivity (Wildman–Crippen MR) is 72.8 cm³/mol. The van der Waals surface area contributed by atoms with E-state index in [9.17, 15) is 34.8 Å². The first-order valence-electron chi connectivity index (χ1n) is 5.90. The van der Waals surface area contributed by atoms with Gasteiger partial charge >= 0.3 is 0 Å². The van der Waals surface area contributed by atoms with Crippen LogP contribution in [-0.2, 0) is 74.5 Å². The molecule has 138 valence electrons. The van der Waals surface area contributed by atoms with Gasteiger partial charge in [0.05, 0.1) is 23.3 Å². The monoisotopic (exact) mass is 566 g/mol. The van der Waals surface area contributed by atoms with Crippen LogP contribution in [0.3, 0.4) is 0 Å². The third-order valence-corrected chi connectivity index (χ3v) is 4.03. The van der Waals surface area contributed by atoms with Crippen LogP contribution in [-0.4, -0.2) is 8.42 Å². The average molecular weight is 567 g/mol. The summed E-state index contributed by atoms with van der Waals surface area (Å²) in [7, 11) is 0.520. The summed E-state index contributed by atoms with van der Waals surface area (Å²) in [6.45, 7) is 2.30. The molecular formula is C14H7ClF6O2SY2-2. The molecule has 26 heavy (non-hydrogen) atoms. The molecule has 0 spiro atoms. The summed E-state index contributed by atoms with van der Waals surface area (Å²) in [4.78, 5) is -0.893. The summed E-state index contributed by atoms with van der Waals surface area (Å²) in [5, 5.41) is 0. The second kappa shape index (κ2) is 11.5. The van der Waals surface area contributed by atoms with Gasteiger partial charge in [-0.3, -0.25) is 8.78 Å². The molecule has 0 aliphatic rings. The standard InChI is InChI=1S/C7H3ClF3O2S.C7H4F3.2Y/c1-3-5(14(8,12)13)2-4(9)7(11)6(3)10;1-4-2-3-5(8)7(10)6(4)9;;/h1H3;2H,1H3;;/q2*-1;;. The number of benzene rings is 2. The van der Waals surface area contributed by atoms with Gasteiger partial charge in [-0.05, 0) is 4.90 Å². The molecule has 0 heterocycles. The number of hydrogen-bond acceptors (Lipinski definition) is 2. The first-order valence-corrected chi connectivity index (χ1v) is 8.21. The third-order valence-electron chi connectivity index (χ3n) is 2.67. The Labute approximate surface area is 200 Å². The van der Waals surface area contributed by atoms with Gasteiger partial charge in [0.2, 0.25) is 9.05 Å². The van der Waals surface area contributed by atoms with Crippen molar-refractivity contribution in [2.24, 2.45) is 0 Å². The van der Waals surface area contributed by atoms with Gasteiger partial charge in [0, 0.05) is 87.7 Å². The predicted octanol–water partition coefficient (Wildman–Crippen LogP) is 4.35. The Balaban J connectivity index is 0. The minimum Gasteiger partial charge on any atom is -0.278 e. The van der Waals surface area contributed by atoms with Gasteiger partial charge in [0.25, 0.3) is 0 Å². The van der Waals surface area contributed by atoms with Crippen molar-refractivity contribution in [2.75, 3.05) is 0 Å². The molecule has 0 N–H and O–H groups in total. The second-order valence-corrected chi connectivity index (χ2v) is 6.88. The van der Waals surface area contributed by atoms with Gasteiger partial charge in [-0.25, -0.2) is 26.0 Å². The molecule has 0 atom stereocenters. The van der Waals surface area contributed by atoms with Crippen molar-refractivity contribution in [1.29, 1.82) is 0 Å². The first-order chi connectivity index (χ1) is 10.9. The molecule has 2 aromatic rings. The second-order valence-electron chi connectivity index (χ2n) is 4.37. The molecule has 0 aliphatic heterocycles. The van der Waals surface area contributed by atoms with Gasteiger partial charge in [-0.2, -0.15) is 6.07 Å². The van der Waals surface area contributed by atoms with Crippen LogP contribution in [0.25, 0.3) is 0 Å². The van der Waals surface area contributed by atoms with Gasteiger partial charge in [-0.15, -0.1) is 23.3 Å². The topological polar surface area (TPSA) is 34.1 Å². The number of aryl methyl sites for hydroxylation is 1. The molecule has 2 nitrogen and oxygen atoms in total. The van der Waals surface area contributed by atoms with E-state index in [4.69, 9.17) is 10.7 Å². The zero-order valence-electron chi connectivity index (χ0n) is 13.1. The molecule has 2 aromatic carbocycles. The minimum absolute atomic E-state index is 0. The van der Waals surface area contributed by atoms with Crippen molar-refractivity contribution in [1.82, 2.24) is 0 Å². The third kappa shape index (κ3) is 7.13. The van der Waals surface area contributed by atoms with E-state index in [-0.39, 0.29) is 71.0 Å². The average Bonchev–Trinajstić information content (AvgIpc) is 2.50. The van der Waals surface area contributed by atoms with Crippen LogP contribution in [0.1, 0.15) is 11.1 Å². The molecule has 0 fully saturated rings. The minimum atomic E-state index is -4.33. The van der Waals surface area contributed by atoms with E-state index in [1.54, 1.807) is 0 Å². The van der Waals surface area contributed by atoms with Gasteiger partial charge < -0.3 is 0 Å². The zero-order valence-corrected chi connectivity index (χ0v) is 20.4. The summed E-state index contributed by atoms with van der Waals surface area (Å²) in [6, 6.07) is 4.51. The summed E-state index contributed by atoms with van der Waals surface area (Å²) in [6.07, 6.45) is 0. The SMILES string of the molecule is Cc1c(S(=O)(=O)Cl)[c-]c(F)c(F)c1F.Cc1c[c-]c(F)c(F)c1F.[Y].[Y]. The van der Waals surface area contributed by atoms with E-state index in [0.29, 0.717) is 0 Å². The van der Waals surface area contributed by atoms with Crippen molar-refractivity contribution in [3.05, 3.63) is 64.2 Å². The normalized spacial score (nSPS) is 10.2. The van der Waals surface area contributed by atoms with E-state index in [2.05, 4.69) is 0 Å². The van der Waals surface area contributed by atoms with E-state index in [0.717, 1.165) is 13.0 Å². The van der Waals surface area contributed by atoms with E-state index in [1.165, 1.54) is 13.0 Å². The fourth-order valence-electron chi connectivity index (χ4n) is 1.42. The Kier molecular flexibility index (Phi) is 12.6. The van der Waals surface area contributed by atoms with Crippen LogP contribution in [0.5, 0.6) is 0 Å². The molecule has 0 aliphatic carbocycles. The Hall–Kier alpha value is 0.468.